The average Bonchev–Trinajstić information content (AvgIpc) is 3.16. The highest BCUT2D eigenvalue weighted by molar-refractivity contribution is 6.21. The lowest BCUT2D eigenvalue weighted by molar-refractivity contribution is -0.0365. The first kappa shape index (κ1) is 13.6. The third kappa shape index (κ3) is 2.26. The highest BCUT2D eigenvalue weighted by Gasteiger charge is 2.37. The maximum atomic E-state index is 12.3. The quantitative estimate of drug-likeness (QED) is 0.818. The maximum absolute atomic E-state index is 12.3. The molecule has 1 atom stereocenters. The predicted molar refractivity (Wildman–Crippen MR) is 81.2 cm³/mol. The van der Waals surface area contributed by atoms with Crippen LogP contribution in [0.2, 0.25) is 0 Å². The number of rotatable bonds is 3. The number of hydrogen-bond donors (Lipinski definition) is 0. The molecule has 0 N–H and O–H groups in total. The first-order valence-corrected chi connectivity index (χ1v) is 7.25. The molecule has 2 aromatic rings. The molecule has 0 bridgehead atoms. The SMILES string of the molecule is O=C1c2ccccc2C(=O)N1CC1=COC(c2ccccc2)O1. The lowest BCUT2D eigenvalue weighted by Crippen LogP contribution is -2.31. The summed E-state index contributed by atoms with van der Waals surface area (Å²) >= 11 is 0. The second-order valence-corrected chi connectivity index (χ2v) is 5.32. The van der Waals surface area contributed by atoms with Crippen molar-refractivity contribution in [2.75, 3.05) is 6.54 Å². The van der Waals surface area contributed by atoms with Crippen molar-refractivity contribution < 1.29 is 19.1 Å². The molecule has 0 fully saturated rings. The number of amides is 2. The molecule has 2 heterocycles. The van der Waals surface area contributed by atoms with E-state index in [1.165, 1.54) is 11.2 Å². The van der Waals surface area contributed by atoms with Crippen LogP contribution in [0.3, 0.4) is 0 Å². The van der Waals surface area contributed by atoms with Gasteiger partial charge in [0.05, 0.1) is 17.7 Å². The van der Waals surface area contributed by atoms with Crippen LogP contribution in [0.15, 0.2) is 66.6 Å². The van der Waals surface area contributed by atoms with Gasteiger partial charge in [-0.15, -0.1) is 0 Å². The number of nitrogens with zero attached hydrogens (tertiary/aromatic N) is 1. The van der Waals surface area contributed by atoms with E-state index < -0.39 is 6.29 Å². The first-order valence-electron chi connectivity index (χ1n) is 7.25. The molecule has 1 unspecified atom stereocenters. The van der Waals surface area contributed by atoms with Crippen molar-refractivity contribution in [3.05, 3.63) is 83.3 Å². The van der Waals surface area contributed by atoms with E-state index in [-0.39, 0.29) is 18.4 Å². The second-order valence-electron chi connectivity index (χ2n) is 5.32. The molecule has 0 spiro atoms. The molecule has 23 heavy (non-hydrogen) atoms. The fourth-order valence-corrected chi connectivity index (χ4v) is 2.70. The van der Waals surface area contributed by atoms with Crippen molar-refractivity contribution in [2.45, 2.75) is 6.29 Å². The molecule has 4 rings (SSSR count). The van der Waals surface area contributed by atoms with Crippen LogP contribution in [0.4, 0.5) is 0 Å². The molecule has 0 saturated carbocycles. The van der Waals surface area contributed by atoms with Gasteiger partial charge < -0.3 is 9.47 Å². The summed E-state index contributed by atoms with van der Waals surface area (Å²) in [6.07, 6.45) is 0.919. The van der Waals surface area contributed by atoms with Crippen LogP contribution in [0.25, 0.3) is 0 Å². The standard InChI is InChI=1S/C18H13NO4/c20-16-14-8-4-5-9-15(14)17(21)19(16)10-13-11-22-18(23-13)12-6-2-1-3-7-12/h1-9,11,18H,10H2. The molecule has 0 radical (unpaired) electrons. The highest BCUT2D eigenvalue weighted by Crippen LogP contribution is 2.30. The molecule has 5 heteroatoms. The van der Waals surface area contributed by atoms with E-state index in [2.05, 4.69) is 0 Å². The number of carbonyl (C=O) groups is 2. The van der Waals surface area contributed by atoms with Gasteiger partial charge in [-0.3, -0.25) is 14.5 Å². The molecule has 0 aliphatic carbocycles. The fraction of sp³-hybridized carbons (Fsp3) is 0.111. The van der Waals surface area contributed by atoms with Gasteiger partial charge in [-0.25, -0.2) is 0 Å². The van der Waals surface area contributed by atoms with Gasteiger partial charge in [-0.1, -0.05) is 42.5 Å². The molecule has 2 aromatic carbocycles. The van der Waals surface area contributed by atoms with E-state index >= 15 is 0 Å². The molecule has 2 aliphatic rings. The number of imide groups is 1. The number of hydrogen-bond acceptors (Lipinski definition) is 4. The van der Waals surface area contributed by atoms with Crippen molar-refractivity contribution in [3.63, 3.8) is 0 Å². The van der Waals surface area contributed by atoms with E-state index in [4.69, 9.17) is 9.47 Å². The minimum atomic E-state index is -0.540. The predicted octanol–water partition coefficient (Wildman–Crippen LogP) is 2.87. The van der Waals surface area contributed by atoms with E-state index in [1.54, 1.807) is 24.3 Å². The van der Waals surface area contributed by atoms with Crippen LogP contribution in [0.5, 0.6) is 0 Å². The Kier molecular flexibility index (Phi) is 3.12. The van der Waals surface area contributed by atoms with E-state index in [0.29, 0.717) is 16.9 Å². The zero-order valence-corrected chi connectivity index (χ0v) is 12.1. The Labute approximate surface area is 132 Å². The molecule has 5 nitrogen and oxygen atoms in total. The average molecular weight is 307 g/mol. The molecule has 2 amide bonds. The normalized spacial score (nSPS) is 19.2. The Balaban J connectivity index is 1.48. The van der Waals surface area contributed by atoms with Gasteiger partial charge in [0.1, 0.15) is 6.26 Å². The van der Waals surface area contributed by atoms with Crippen LogP contribution in [0.1, 0.15) is 32.6 Å². The summed E-state index contributed by atoms with van der Waals surface area (Å²) in [6, 6.07) is 16.3. The Morgan fingerprint density at radius 1 is 0.870 bits per heavy atom. The topological polar surface area (TPSA) is 55.8 Å². The van der Waals surface area contributed by atoms with E-state index in [0.717, 1.165) is 5.56 Å². The lowest BCUT2D eigenvalue weighted by Gasteiger charge is -2.15. The summed E-state index contributed by atoms with van der Waals surface area (Å²) in [5.41, 5.74) is 1.73. The third-order valence-electron chi connectivity index (χ3n) is 3.85. The zero-order chi connectivity index (χ0) is 15.8. The van der Waals surface area contributed by atoms with Gasteiger partial charge in [-0.05, 0) is 12.1 Å². The monoisotopic (exact) mass is 307 g/mol. The van der Waals surface area contributed by atoms with Crippen LogP contribution in [-0.2, 0) is 9.47 Å². The van der Waals surface area contributed by atoms with Crippen molar-refractivity contribution in [2.24, 2.45) is 0 Å². The highest BCUT2D eigenvalue weighted by atomic mass is 16.7. The van der Waals surface area contributed by atoms with Crippen molar-refractivity contribution in [3.8, 4) is 0 Å². The molecule has 114 valence electrons. The first-order chi connectivity index (χ1) is 11.2. The maximum Gasteiger partial charge on any atom is 0.266 e. The molecular weight excluding hydrogens is 294 g/mol. The van der Waals surface area contributed by atoms with Gasteiger partial charge in [0.15, 0.2) is 5.76 Å². The van der Waals surface area contributed by atoms with Crippen LogP contribution in [0, 0.1) is 0 Å². The number of carbonyl (C=O) groups excluding carboxylic acids is 2. The fourth-order valence-electron chi connectivity index (χ4n) is 2.70. The van der Waals surface area contributed by atoms with Crippen molar-refractivity contribution >= 4 is 11.8 Å². The van der Waals surface area contributed by atoms with Crippen LogP contribution < -0.4 is 0 Å². The number of fused-ring (bicyclic) bond motifs is 1. The summed E-state index contributed by atoms with van der Waals surface area (Å²) in [5.74, 6) is -0.162. The summed E-state index contributed by atoms with van der Waals surface area (Å²) in [6.45, 7) is 0.0652. The Morgan fingerprint density at radius 3 is 2.13 bits per heavy atom. The lowest BCUT2D eigenvalue weighted by atomic mass is 10.1. The smallest absolute Gasteiger partial charge is 0.266 e. The Morgan fingerprint density at radius 2 is 1.48 bits per heavy atom. The number of benzene rings is 2. The number of ether oxygens (including phenoxy) is 2. The largest absolute Gasteiger partial charge is 0.455 e. The van der Waals surface area contributed by atoms with Gasteiger partial charge in [-0.2, -0.15) is 0 Å². The third-order valence-corrected chi connectivity index (χ3v) is 3.85. The van der Waals surface area contributed by atoms with Gasteiger partial charge in [0.25, 0.3) is 18.1 Å². The Bertz CT molecular complexity index is 778. The van der Waals surface area contributed by atoms with Crippen molar-refractivity contribution in [1.82, 2.24) is 4.90 Å². The van der Waals surface area contributed by atoms with Gasteiger partial charge >= 0.3 is 0 Å². The summed E-state index contributed by atoms with van der Waals surface area (Å²) in [4.78, 5) is 25.8. The second kappa shape index (κ2) is 5.28. The van der Waals surface area contributed by atoms with Crippen molar-refractivity contribution in [1.29, 1.82) is 0 Å². The Hall–Kier alpha value is -3.08. The van der Waals surface area contributed by atoms with E-state index in [9.17, 15) is 9.59 Å². The van der Waals surface area contributed by atoms with Gasteiger partial charge in [0, 0.05) is 5.56 Å². The van der Waals surface area contributed by atoms with E-state index in [1.807, 2.05) is 30.3 Å². The van der Waals surface area contributed by atoms with Crippen LogP contribution >= 0.6 is 0 Å². The minimum absolute atomic E-state index is 0.0652. The van der Waals surface area contributed by atoms with Crippen LogP contribution in [-0.4, -0.2) is 23.3 Å². The minimum Gasteiger partial charge on any atom is -0.455 e. The van der Waals surface area contributed by atoms with Gasteiger partial charge in [0.2, 0.25) is 0 Å². The summed E-state index contributed by atoms with van der Waals surface area (Å²) < 4.78 is 11.2. The zero-order valence-electron chi connectivity index (χ0n) is 12.1. The summed E-state index contributed by atoms with van der Waals surface area (Å²) in [7, 11) is 0. The molecule has 2 aliphatic heterocycles. The molecular formula is C18H13NO4. The molecule has 0 aromatic heterocycles. The summed E-state index contributed by atoms with van der Waals surface area (Å²) in [5, 5.41) is 0. The molecule has 0 saturated heterocycles.